The summed E-state index contributed by atoms with van der Waals surface area (Å²) in [6, 6.07) is 7.08. The van der Waals surface area contributed by atoms with Crippen molar-refractivity contribution < 1.29 is 14.3 Å². The summed E-state index contributed by atoms with van der Waals surface area (Å²) in [5.74, 6) is 0.964. The highest BCUT2D eigenvalue weighted by Gasteiger charge is 2.09. The molecule has 1 rings (SSSR count). The van der Waals surface area contributed by atoms with Gasteiger partial charge in [0.2, 0.25) is 0 Å². The molecule has 0 bridgehead atoms. The number of carbonyl (C=O) groups excluding carboxylic acids is 1. The highest BCUT2D eigenvalue weighted by atomic mass is 16.6. The van der Waals surface area contributed by atoms with Gasteiger partial charge in [0, 0.05) is 6.20 Å². The maximum absolute atomic E-state index is 11.5. The summed E-state index contributed by atoms with van der Waals surface area (Å²) >= 11 is 0. The zero-order valence-electron chi connectivity index (χ0n) is 11.2. The van der Waals surface area contributed by atoms with Crippen molar-refractivity contribution in [3.8, 4) is 11.5 Å². The number of benzene rings is 1. The van der Waals surface area contributed by atoms with Crippen LogP contribution in [0.15, 0.2) is 36.0 Å². The fourth-order valence-electron chi connectivity index (χ4n) is 1.22. The van der Waals surface area contributed by atoms with Gasteiger partial charge in [-0.2, -0.15) is 0 Å². The van der Waals surface area contributed by atoms with Gasteiger partial charge < -0.3 is 9.47 Å². The lowest BCUT2D eigenvalue weighted by Gasteiger charge is -2.13. The minimum atomic E-state index is -0.531. The number of carbonyl (C=O) groups is 1. The van der Waals surface area contributed by atoms with Crippen LogP contribution in [-0.2, 0) is 0 Å². The maximum Gasteiger partial charge on any atom is 0.416 e. The molecule has 0 atom stereocenters. The Balaban J connectivity index is 2.71. The molecule has 0 aliphatic rings. The average molecular weight is 249 g/mol. The Hall–Kier alpha value is -1.97. The molecule has 0 fully saturated rings. The van der Waals surface area contributed by atoms with Crippen molar-refractivity contribution in [3.63, 3.8) is 0 Å². The molecule has 4 heteroatoms. The molecule has 0 unspecified atom stereocenters. The molecule has 1 aromatic carbocycles. The van der Waals surface area contributed by atoms with E-state index in [1.165, 1.54) is 0 Å². The van der Waals surface area contributed by atoms with Crippen molar-refractivity contribution in [1.82, 2.24) is 5.32 Å². The summed E-state index contributed by atoms with van der Waals surface area (Å²) in [7, 11) is 0. The van der Waals surface area contributed by atoms with Crippen molar-refractivity contribution in [3.05, 3.63) is 36.0 Å². The van der Waals surface area contributed by atoms with Gasteiger partial charge in [0.25, 0.3) is 0 Å². The molecule has 0 aliphatic heterocycles. The molecule has 98 valence electrons. The van der Waals surface area contributed by atoms with Crippen LogP contribution in [0.5, 0.6) is 11.5 Å². The summed E-state index contributed by atoms with van der Waals surface area (Å²) in [5, 5.41) is 2.53. The van der Waals surface area contributed by atoms with E-state index in [2.05, 4.69) is 5.32 Å². The Morgan fingerprint density at radius 3 is 2.39 bits per heavy atom. The summed E-state index contributed by atoms with van der Waals surface area (Å²) in [6.07, 6.45) is 1.08. The molecule has 4 nitrogen and oxygen atoms in total. The second kappa shape index (κ2) is 6.69. The summed E-state index contributed by atoms with van der Waals surface area (Å²) < 4.78 is 10.7. The van der Waals surface area contributed by atoms with Crippen LogP contribution in [0.1, 0.15) is 27.7 Å². The van der Waals surface area contributed by atoms with Crippen LogP contribution >= 0.6 is 0 Å². The van der Waals surface area contributed by atoms with E-state index < -0.39 is 6.09 Å². The first-order valence-corrected chi connectivity index (χ1v) is 5.86. The fourth-order valence-corrected chi connectivity index (χ4v) is 1.22. The van der Waals surface area contributed by atoms with Crippen molar-refractivity contribution in [2.45, 2.75) is 33.8 Å². The quantitative estimate of drug-likeness (QED) is 0.888. The SMILES string of the molecule is CC(C)=CNC(=O)Oc1ccccc1OC(C)C. The number of hydrogen-bond acceptors (Lipinski definition) is 3. The normalized spacial score (nSPS) is 9.83. The number of ether oxygens (including phenoxy) is 2. The van der Waals surface area contributed by atoms with E-state index in [1.807, 2.05) is 33.8 Å². The van der Waals surface area contributed by atoms with Gasteiger partial charge in [-0.1, -0.05) is 17.7 Å². The van der Waals surface area contributed by atoms with Gasteiger partial charge in [0.1, 0.15) is 0 Å². The zero-order chi connectivity index (χ0) is 13.5. The largest absolute Gasteiger partial charge is 0.487 e. The number of amides is 1. The van der Waals surface area contributed by atoms with Crippen molar-refractivity contribution >= 4 is 6.09 Å². The first-order chi connectivity index (χ1) is 8.49. The zero-order valence-corrected chi connectivity index (χ0v) is 11.2. The van der Waals surface area contributed by atoms with Crippen LogP contribution in [0.3, 0.4) is 0 Å². The van der Waals surface area contributed by atoms with Crippen molar-refractivity contribution in [2.75, 3.05) is 0 Å². The van der Waals surface area contributed by atoms with E-state index in [0.29, 0.717) is 11.5 Å². The van der Waals surface area contributed by atoms with Gasteiger partial charge in [0.15, 0.2) is 11.5 Å². The molecule has 0 saturated heterocycles. The van der Waals surface area contributed by atoms with Crippen LogP contribution in [0.2, 0.25) is 0 Å². The van der Waals surface area contributed by atoms with Crippen LogP contribution in [-0.4, -0.2) is 12.2 Å². The van der Waals surface area contributed by atoms with Gasteiger partial charge in [0.05, 0.1) is 6.10 Å². The van der Waals surface area contributed by atoms with E-state index in [0.717, 1.165) is 5.57 Å². The molecule has 1 amide bonds. The third-order valence-corrected chi connectivity index (χ3v) is 1.89. The third kappa shape index (κ3) is 4.91. The predicted molar refractivity (Wildman–Crippen MR) is 70.8 cm³/mol. The Morgan fingerprint density at radius 1 is 1.22 bits per heavy atom. The number of hydrogen-bond donors (Lipinski definition) is 1. The van der Waals surface area contributed by atoms with Crippen molar-refractivity contribution in [1.29, 1.82) is 0 Å². The predicted octanol–water partition coefficient (Wildman–Crippen LogP) is 3.49. The van der Waals surface area contributed by atoms with Gasteiger partial charge in [-0.15, -0.1) is 0 Å². The molecule has 0 spiro atoms. The molecule has 1 N–H and O–H groups in total. The summed E-state index contributed by atoms with van der Waals surface area (Å²) in [5.41, 5.74) is 0.985. The van der Waals surface area contributed by atoms with E-state index in [4.69, 9.17) is 9.47 Å². The monoisotopic (exact) mass is 249 g/mol. The third-order valence-electron chi connectivity index (χ3n) is 1.89. The number of rotatable bonds is 4. The Labute approximate surface area is 108 Å². The summed E-state index contributed by atoms with van der Waals surface area (Å²) in [4.78, 5) is 11.5. The molecular formula is C14H19NO3. The van der Waals surface area contributed by atoms with Crippen molar-refractivity contribution in [2.24, 2.45) is 0 Å². The molecule has 0 radical (unpaired) electrons. The molecule has 18 heavy (non-hydrogen) atoms. The molecule has 0 saturated carbocycles. The summed E-state index contributed by atoms with van der Waals surface area (Å²) in [6.45, 7) is 7.60. The Kier molecular flexibility index (Phi) is 5.24. The number of nitrogens with one attached hydrogen (secondary N) is 1. The van der Waals surface area contributed by atoms with Crippen LogP contribution in [0, 0.1) is 0 Å². The van der Waals surface area contributed by atoms with E-state index in [9.17, 15) is 4.79 Å². The second-order valence-corrected chi connectivity index (χ2v) is 4.37. The van der Waals surface area contributed by atoms with Crippen LogP contribution in [0.4, 0.5) is 4.79 Å². The Bertz CT molecular complexity index is 434. The number of para-hydroxylation sites is 2. The highest BCUT2D eigenvalue weighted by molar-refractivity contribution is 5.72. The topological polar surface area (TPSA) is 47.6 Å². The standard InChI is InChI=1S/C14H19NO3/c1-10(2)9-15-14(16)18-13-8-6-5-7-12(13)17-11(3)4/h5-9,11H,1-4H3,(H,15,16). The molecule has 0 heterocycles. The van der Waals surface area contributed by atoms with Crippen LogP contribution < -0.4 is 14.8 Å². The first-order valence-electron chi connectivity index (χ1n) is 5.86. The van der Waals surface area contributed by atoms with Gasteiger partial charge in [-0.3, -0.25) is 5.32 Å². The Morgan fingerprint density at radius 2 is 1.83 bits per heavy atom. The smallest absolute Gasteiger partial charge is 0.416 e. The highest BCUT2D eigenvalue weighted by Crippen LogP contribution is 2.27. The first kappa shape index (κ1) is 14.1. The minimum Gasteiger partial charge on any atom is -0.487 e. The lowest BCUT2D eigenvalue weighted by Crippen LogP contribution is -2.22. The molecule has 0 aromatic heterocycles. The van der Waals surface area contributed by atoms with Gasteiger partial charge in [-0.05, 0) is 39.8 Å². The average Bonchev–Trinajstić information content (AvgIpc) is 2.28. The minimum absolute atomic E-state index is 0.0237. The molecule has 1 aromatic rings. The number of allylic oxidation sites excluding steroid dienone is 1. The molecule has 0 aliphatic carbocycles. The second-order valence-electron chi connectivity index (χ2n) is 4.37. The van der Waals surface area contributed by atoms with Gasteiger partial charge >= 0.3 is 6.09 Å². The van der Waals surface area contributed by atoms with E-state index in [-0.39, 0.29) is 6.10 Å². The van der Waals surface area contributed by atoms with Gasteiger partial charge in [-0.25, -0.2) is 4.79 Å². The fraction of sp³-hybridized carbons (Fsp3) is 0.357. The lowest BCUT2D eigenvalue weighted by molar-refractivity contribution is 0.195. The van der Waals surface area contributed by atoms with Crippen LogP contribution in [0.25, 0.3) is 0 Å². The molecular weight excluding hydrogens is 230 g/mol. The lowest BCUT2D eigenvalue weighted by atomic mass is 10.3. The van der Waals surface area contributed by atoms with E-state index >= 15 is 0 Å². The maximum atomic E-state index is 11.5. The van der Waals surface area contributed by atoms with E-state index in [1.54, 1.807) is 24.4 Å².